The number of nitriles is 1. The van der Waals surface area contributed by atoms with Gasteiger partial charge in [-0.05, 0) is 42.0 Å². The van der Waals surface area contributed by atoms with Gasteiger partial charge >= 0.3 is 0 Å². The predicted octanol–water partition coefficient (Wildman–Crippen LogP) is 5.50. The number of aromatic amines is 1. The van der Waals surface area contributed by atoms with Crippen LogP contribution in [0.15, 0.2) is 67.1 Å². The van der Waals surface area contributed by atoms with Crippen molar-refractivity contribution in [3.05, 3.63) is 101 Å². The maximum Gasteiger partial charge on any atom is 0.212 e. The van der Waals surface area contributed by atoms with Crippen LogP contribution in [-0.2, 0) is 0 Å². The van der Waals surface area contributed by atoms with E-state index in [4.69, 9.17) is 11.6 Å². The number of rotatable bonds is 6. The molecule has 11 heteroatoms. The van der Waals surface area contributed by atoms with Gasteiger partial charge in [0.2, 0.25) is 5.95 Å². The quantitative estimate of drug-likeness (QED) is 0.270. The summed E-state index contributed by atoms with van der Waals surface area (Å²) in [6.45, 7) is 0. The fourth-order valence-electron chi connectivity index (χ4n) is 3.66. The second kappa shape index (κ2) is 9.32. The van der Waals surface area contributed by atoms with Crippen LogP contribution < -0.4 is 10.6 Å². The summed E-state index contributed by atoms with van der Waals surface area (Å²) in [5.74, 6) is -0.979. The van der Waals surface area contributed by atoms with Crippen LogP contribution in [0.5, 0.6) is 0 Å². The van der Waals surface area contributed by atoms with Crippen molar-refractivity contribution >= 4 is 39.6 Å². The van der Waals surface area contributed by atoms with Gasteiger partial charge in [-0.3, -0.25) is 4.98 Å². The zero-order chi connectivity index (χ0) is 24.4. The highest BCUT2D eigenvalue weighted by Gasteiger charge is 2.19. The summed E-state index contributed by atoms with van der Waals surface area (Å²) in [5, 5.41) is 27.7. The Kier molecular flexibility index (Phi) is 5.91. The maximum absolute atomic E-state index is 13.5. The molecule has 0 saturated carbocycles. The fraction of sp³-hybridized carbons (Fsp3) is 0.0417. The van der Waals surface area contributed by atoms with Gasteiger partial charge in [-0.15, -0.1) is 0 Å². The molecule has 172 valence electrons. The van der Waals surface area contributed by atoms with Crippen LogP contribution in [0.4, 0.5) is 25.8 Å². The lowest BCUT2D eigenvalue weighted by Crippen LogP contribution is -2.13. The van der Waals surface area contributed by atoms with Crippen LogP contribution in [0.2, 0.25) is 5.02 Å². The summed E-state index contributed by atoms with van der Waals surface area (Å²) < 4.78 is 26.8. The van der Waals surface area contributed by atoms with Gasteiger partial charge in [0.05, 0.1) is 45.9 Å². The van der Waals surface area contributed by atoms with E-state index < -0.39 is 12.0 Å². The van der Waals surface area contributed by atoms with Crippen LogP contribution in [0.1, 0.15) is 22.9 Å². The van der Waals surface area contributed by atoms with Gasteiger partial charge in [-0.25, -0.2) is 9.37 Å². The number of hydrogen-bond acceptors (Lipinski definition) is 7. The Morgan fingerprint density at radius 3 is 2.49 bits per heavy atom. The highest BCUT2D eigenvalue weighted by atomic mass is 35.5. The fourth-order valence-corrected chi connectivity index (χ4v) is 3.92. The molecule has 1 atom stereocenters. The highest BCUT2D eigenvalue weighted by Crippen LogP contribution is 2.36. The number of fused-ring (bicyclic) bond motifs is 1. The lowest BCUT2D eigenvalue weighted by molar-refractivity contribution is 0.584. The van der Waals surface area contributed by atoms with Crippen molar-refractivity contribution in [3.63, 3.8) is 0 Å². The molecule has 35 heavy (non-hydrogen) atoms. The van der Waals surface area contributed by atoms with Crippen LogP contribution in [0.3, 0.4) is 0 Å². The Balaban J connectivity index is 1.60. The maximum atomic E-state index is 13.5. The number of hydrogen-bond donors (Lipinski definition) is 3. The van der Waals surface area contributed by atoms with Crippen LogP contribution in [-0.4, -0.2) is 25.4 Å². The van der Waals surface area contributed by atoms with Gasteiger partial charge in [-0.2, -0.15) is 25.1 Å². The number of pyridine rings is 2. The van der Waals surface area contributed by atoms with E-state index in [9.17, 15) is 14.0 Å². The number of benzene rings is 2. The lowest BCUT2D eigenvalue weighted by Gasteiger charge is -2.20. The van der Waals surface area contributed by atoms with Gasteiger partial charge in [0.15, 0.2) is 0 Å². The first-order valence-corrected chi connectivity index (χ1v) is 10.7. The second-order valence-electron chi connectivity index (χ2n) is 7.53. The normalized spacial score (nSPS) is 11.7. The summed E-state index contributed by atoms with van der Waals surface area (Å²) >= 11 is 6.57. The van der Waals surface area contributed by atoms with Crippen molar-refractivity contribution < 1.29 is 8.78 Å². The Morgan fingerprint density at radius 2 is 1.80 bits per heavy atom. The molecule has 0 unspecified atom stereocenters. The molecule has 5 rings (SSSR count). The zero-order valence-corrected chi connectivity index (χ0v) is 18.6. The highest BCUT2D eigenvalue weighted by molar-refractivity contribution is 6.36. The molecular weight excluding hydrogens is 474 g/mol. The van der Waals surface area contributed by atoms with Crippen LogP contribution >= 0.6 is 11.6 Å². The van der Waals surface area contributed by atoms with Gasteiger partial charge < -0.3 is 10.6 Å². The lowest BCUT2D eigenvalue weighted by atomic mass is 10.0. The average molecular weight is 489 g/mol. The minimum absolute atomic E-state index is 0.265. The number of H-pyrrole nitrogens is 1. The van der Waals surface area contributed by atoms with Crippen molar-refractivity contribution in [2.24, 2.45) is 0 Å². The second-order valence-corrected chi connectivity index (χ2v) is 7.94. The number of anilines is 3. The first kappa shape index (κ1) is 22.2. The molecule has 0 aliphatic rings. The monoisotopic (exact) mass is 488 g/mol. The third kappa shape index (κ3) is 4.58. The molecule has 8 nitrogen and oxygen atoms in total. The van der Waals surface area contributed by atoms with E-state index in [0.717, 1.165) is 5.56 Å². The minimum Gasteiger partial charge on any atom is -0.373 e. The Bertz CT molecular complexity index is 1530. The van der Waals surface area contributed by atoms with E-state index in [1.54, 1.807) is 30.5 Å². The van der Waals surface area contributed by atoms with Gasteiger partial charge in [0, 0.05) is 17.3 Å². The molecule has 3 N–H and O–H groups in total. The molecule has 0 fully saturated rings. The van der Waals surface area contributed by atoms with E-state index in [0.29, 0.717) is 38.7 Å². The Hall–Kier alpha value is -4.62. The minimum atomic E-state index is -0.620. The average Bonchev–Trinajstić information content (AvgIpc) is 3.40. The standard InChI is InChI=1S/C24H15ClF2N8/c25-19-8-17(33-23(20-12-31-35-34-20)13-1-3-15(26)4-2-13)7-18-22(14(9-28)10-30-24(18)19)32-16-5-6-21(27)29-11-16/h1-8,10-12,23,33H,(H,30,32)(H,31,34,35)/t23-/m0/s1. The van der Waals surface area contributed by atoms with Gasteiger partial charge in [-0.1, -0.05) is 23.7 Å². The molecule has 0 aliphatic heterocycles. The van der Waals surface area contributed by atoms with E-state index in [-0.39, 0.29) is 11.4 Å². The third-order valence-electron chi connectivity index (χ3n) is 5.29. The van der Waals surface area contributed by atoms with E-state index in [1.165, 1.54) is 36.7 Å². The number of nitrogens with one attached hydrogen (secondary N) is 3. The molecule has 0 saturated heterocycles. The Morgan fingerprint density at radius 1 is 0.971 bits per heavy atom. The molecule has 3 aromatic heterocycles. The molecular formula is C24H15ClF2N8. The molecule has 2 aromatic carbocycles. The third-order valence-corrected chi connectivity index (χ3v) is 5.57. The van der Waals surface area contributed by atoms with Crippen molar-refractivity contribution in [2.75, 3.05) is 10.6 Å². The molecule has 5 aromatic rings. The largest absolute Gasteiger partial charge is 0.373 e. The molecule has 0 bridgehead atoms. The smallest absolute Gasteiger partial charge is 0.212 e. The van der Waals surface area contributed by atoms with Crippen molar-refractivity contribution in [2.45, 2.75) is 6.04 Å². The molecule has 0 amide bonds. The van der Waals surface area contributed by atoms with Crippen LogP contribution in [0, 0.1) is 23.1 Å². The van der Waals surface area contributed by atoms with E-state index in [2.05, 4.69) is 42.1 Å². The molecule has 3 heterocycles. The van der Waals surface area contributed by atoms with Crippen molar-refractivity contribution in [3.8, 4) is 6.07 Å². The van der Waals surface area contributed by atoms with E-state index >= 15 is 0 Å². The first-order chi connectivity index (χ1) is 17.0. The zero-order valence-electron chi connectivity index (χ0n) is 17.8. The van der Waals surface area contributed by atoms with Gasteiger partial charge in [0.25, 0.3) is 0 Å². The topological polar surface area (TPSA) is 115 Å². The number of halogens is 3. The summed E-state index contributed by atoms with van der Waals surface area (Å²) in [7, 11) is 0. The number of aromatic nitrogens is 5. The Labute approximate surface area is 202 Å². The molecule has 0 radical (unpaired) electrons. The van der Waals surface area contributed by atoms with Gasteiger partial charge in [0.1, 0.15) is 17.6 Å². The summed E-state index contributed by atoms with van der Waals surface area (Å²) in [5.41, 5.74) is 3.57. The summed E-state index contributed by atoms with van der Waals surface area (Å²) in [6.07, 6.45) is 4.30. The summed E-state index contributed by atoms with van der Waals surface area (Å²) in [6, 6.07) is 13.8. The molecule has 0 spiro atoms. The predicted molar refractivity (Wildman–Crippen MR) is 127 cm³/mol. The summed E-state index contributed by atoms with van der Waals surface area (Å²) in [4.78, 5) is 7.98. The van der Waals surface area contributed by atoms with Crippen molar-refractivity contribution in [1.82, 2.24) is 25.4 Å². The first-order valence-electron chi connectivity index (χ1n) is 10.3. The SMILES string of the molecule is N#Cc1cnc2c(Cl)cc(N[C@@H](c3ccc(F)cc3)c3cn[nH]n3)cc2c1Nc1ccc(F)nc1. The molecule has 0 aliphatic carbocycles. The van der Waals surface area contributed by atoms with E-state index in [1.807, 2.05) is 0 Å². The van der Waals surface area contributed by atoms with Crippen molar-refractivity contribution in [1.29, 1.82) is 5.26 Å². The number of nitrogens with zero attached hydrogens (tertiary/aromatic N) is 5. The van der Waals surface area contributed by atoms with Crippen LogP contribution in [0.25, 0.3) is 10.9 Å².